The third kappa shape index (κ3) is 5.91. The molecular weight excluding hydrogens is 238 g/mol. The van der Waals surface area contributed by atoms with Crippen LogP contribution in [0.5, 0.6) is 0 Å². The predicted molar refractivity (Wildman–Crippen MR) is 82.1 cm³/mol. The van der Waals surface area contributed by atoms with Gasteiger partial charge in [-0.2, -0.15) is 0 Å². The Labute approximate surface area is 119 Å². The fourth-order valence-corrected chi connectivity index (χ4v) is 2.61. The molecule has 0 aliphatic carbocycles. The van der Waals surface area contributed by atoms with Gasteiger partial charge in [0.05, 0.1) is 5.54 Å². The molecule has 4 heteroatoms. The molecular formula is C15H33N3O. The first-order valence-corrected chi connectivity index (χ1v) is 7.59. The number of primary amides is 1. The Morgan fingerprint density at radius 2 is 1.84 bits per heavy atom. The Morgan fingerprint density at radius 1 is 1.26 bits per heavy atom. The molecule has 0 aliphatic rings. The number of carbonyl (C=O) groups excluding carboxylic acids is 1. The molecule has 0 aliphatic heterocycles. The van der Waals surface area contributed by atoms with E-state index in [4.69, 9.17) is 5.73 Å². The van der Waals surface area contributed by atoms with Crippen molar-refractivity contribution < 1.29 is 4.79 Å². The minimum atomic E-state index is -0.615. The molecule has 0 bridgehead atoms. The van der Waals surface area contributed by atoms with E-state index in [1.54, 1.807) is 0 Å². The number of nitrogens with one attached hydrogen (secondary N) is 1. The topological polar surface area (TPSA) is 58.4 Å². The highest BCUT2D eigenvalue weighted by Crippen LogP contribution is 2.18. The molecule has 0 aromatic rings. The maximum absolute atomic E-state index is 11.8. The van der Waals surface area contributed by atoms with Crippen molar-refractivity contribution in [2.45, 2.75) is 78.4 Å². The van der Waals surface area contributed by atoms with Crippen molar-refractivity contribution in [2.75, 3.05) is 13.1 Å². The molecule has 0 aromatic carbocycles. The monoisotopic (exact) mass is 271 g/mol. The first-order chi connectivity index (χ1) is 8.78. The van der Waals surface area contributed by atoms with Crippen LogP contribution in [-0.4, -0.2) is 41.5 Å². The molecule has 0 radical (unpaired) electrons. The molecule has 0 saturated carbocycles. The van der Waals surface area contributed by atoms with Crippen molar-refractivity contribution in [3.05, 3.63) is 0 Å². The summed E-state index contributed by atoms with van der Waals surface area (Å²) >= 11 is 0. The van der Waals surface area contributed by atoms with Gasteiger partial charge >= 0.3 is 0 Å². The van der Waals surface area contributed by atoms with Gasteiger partial charge in [0.2, 0.25) is 5.91 Å². The second-order valence-electron chi connectivity index (χ2n) is 6.01. The summed E-state index contributed by atoms with van der Waals surface area (Å²) in [5, 5.41) is 3.31. The van der Waals surface area contributed by atoms with Crippen LogP contribution in [0.15, 0.2) is 0 Å². The standard InChI is InChI=1S/C15H33N3O/c1-7-9-17-15(6,14(16)19)11-13(5)18(10-8-2)12(3)4/h12-13,17H,7-11H2,1-6H3,(H2,16,19). The van der Waals surface area contributed by atoms with Crippen molar-refractivity contribution in [3.63, 3.8) is 0 Å². The highest BCUT2D eigenvalue weighted by molar-refractivity contribution is 5.84. The molecule has 114 valence electrons. The van der Waals surface area contributed by atoms with Crippen molar-refractivity contribution in [3.8, 4) is 0 Å². The third-order valence-corrected chi connectivity index (χ3v) is 3.72. The lowest BCUT2D eigenvalue weighted by Crippen LogP contribution is -2.57. The van der Waals surface area contributed by atoms with E-state index in [2.05, 4.69) is 44.8 Å². The molecule has 0 saturated heterocycles. The number of rotatable bonds is 10. The van der Waals surface area contributed by atoms with Crippen LogP contribution in [0, 0.1) is 0 Å². The molecule has 1 amide bonds. The van der Waals surface area contributed by atoms with Crippen LogP contribution in [0.1, 0.15) is 60.8 Å². The van der Waals surface area contributed by atoms with Gasteiger partial charge in [-0.15, -0.1) is 0 Å². The first-order valence-electron chi connectivity index (χ1n) is 7.59. The summed E-state index contributed by atoms with van der Waals surface area (Å²) in [6.07, 6.45) is 2.87. The summed E-state index contributed by atoms with van der Waals surface area (Å²) in [4.78, 5) is 14.2. The number of nitrogens with zero attached hydrogens (tertiary/aromatic N) is 1. The lowest BCUT2D eigenvalue weighted by atomic mass is 9.91. The average Bonchev–Trinajstić information content (AvgIpc) is 2.32. The van der Waals surface area contributed by atoms with Gasteiger partial charge in [-0.1, -0.05) is 13.8 Å². The maximum atomic E-state index is 11.8. The van der Waals surface area contributed by atoms with Gasteiger partial charge in [0.15, 0.2) is 0 Å². The average molecular weight is 271 g/mol. The second-order valence-corrected chi connectivity index (χ2v) is 6.01. The van der Waals surface area contributed by atoms with Gasteiger partial charge in [0.25, 0.3) is 0 Å². The zero-order chi connectivity index (χ0) is 15.1. The van der Waals surface area contributed by atoms with E-state index in [1.807, 2.05) is 6.92 Å². The Balaban J connectivity index is 4.77. The molecule has 0 spiro atoms. The van der Waals surface area contributed by atoms with Gasteiger partial charge in [0, 0.05) is 12.1 Å². The molecule has 2 atom stereocenters. The van der Waals surface area contributed by atoms with E-state index in [0.29, 0.717) is 12.1 Å². The zero-order valence-corrected chi connectivity index (χ0v) is 13.6. The minimum Gasteiger partial charge on any atom is -0.368 e. The minimum absolute atomic E-state index is 0.256. The Kier molecular flexibility index (Phi) is 8.26. The van der Waals surface area contributed by atoms with Gasteiger partial charge in [-0.05, 0) is 60.0 Å². The zero-order valence-electron chi connectivity index (χ0n) is 13.6. The van der Waals surface area contributed by atoms with Gasteiger partial charge in [-0.3, -0.25) is 9.69 Å². The molecule has 3 N–H and O–H groups in total. The maximum Gasteiger partial charge on any atom is 0.237 e. The van der Waals surface area contributed by atoms with Crippen molar-refractivity contribution in [2.24, 2.45) is 5.73 Å². The van der Waals surface area contributed by atoms with Gasteiger partial charge in [0.1, 0.15) is 0 Å². The number of hydrogen-bond acceptors (Lipinski definition) is 3. The number of carbonyl (C=O) groups is 1. The molecule has 0 aromatic heterocycles. The molecule has 2 unspecified atom stereocenters. The summed E-state index contributed by atoms with van der Waals surface area (Å²) in [7, 11) is 0. The summed E-state index contributed by atoms with van der Waals surface area (Å²) in [5.41, 5.74) is 4.98. The van der Waals surface area contributed by atoms with Crippen LogP contribution in [0.4, 0.5) is 0 Å². The van der Waals surface area contributed by atoms with Crippen LogP contribution >= 0.6 is 0 Å². The SMILES string of the molecule is CCCNC(C)(CC(C)N(CCC)C(C)C)C(N)=O. The van der Waals surface area contributed by atoms with Gasteiger partial charge in [-0.25, -0.2) is 0 Å². The fraction of sp³-hybridized carbons (Fsp3) is 0.933. The quantitative estimate of drug-likeness (QED) is 0.640. The summed E-state index contributed by atoms with van der Waals surface area (Å²) in [6, 6.07) is 0.819. The predicted octanol–water partition coefficient (Wildman–Crippen LogP) is 2.13. The van der Waals surface area contributed by atoms with Crippen molar-refractivity contribution >= 4 is 5.91 Å². The fourth-order valence-electron chi connectivity index (χ4n) is 2.61. The number of nitrogens with two attached hydrogens (primary N) is 1. The van der Waals surface area contributed by atoms with E-state index < -0.39 is 5.54 Å². The number of amides is 1. The Hall–Kier alpha value is -0.610. The molecule has 0 rings (SSSR count). The second kappa shape index (κ2) is 8.54. The van der Waals surface area contributed by atoms with Crippen LogP contribution in [0.3, 0.4) is 0 Å². The van der Waals surface area contributed by atoms with Crippen LogP contribution in [-0.2, 0) is 4.79 Å². The molecule has 19 heavy (non-hydrogen) atoms. The van der Waals surface area contributed by atoms with Crippen molar-refractivity contribution in [1.82, 2.24) is 10.2 Å². The van der Waals surface area contributed by atoms with E-state index in [9.17, 15) is 4.79 Å². The van der Waals surface area contributed by atoms with E-state index >= 15 is 0 Å². The highest BCUT2D eigenvalue weighted by Gasteiger charge is 2.34. The third-order valence-electron chi connectivity index (χ3n) is 3.72. The molecule has 0 fully saturated rings. The van der Waals surface area contributed by atoms with Gasteiger partial charge < -0.3 is 11.1 Å². The lowest BCUT2D eigenvalue weighted by molar-refractivity contribution is -0.124. The van der Waals surface area contributed by atoms with E-state index in [1.165, 1.54) is 0 Å². The summed E-state index contributed by atoms with van der Waals surface area (Å²) in [6.45, 7) is 14.7. The van der Waals surface area contributed by atoms with Crippen molar-refractivity contribution in [1.29, 1.82) is 0 Å². The highest BCUT2D eigenvalue weighted by atomic mass is 16.1. The van der Waals surface area contributed by atoms with Crippen LogP contribution in [0.25, 0.3) is 0 Å². The molecule has 0 heterocycles. The smallest absolute Gasteiger partial charge is 0.237 e. The largest absolute Gasteiger partial charge is 0.368 e. The molecule has 4 nitrogen and oxygen atoms in total. The normalized spacial score (nSPS) is 16.6. The Morgan fingerprint density at radius 3 is 2.21 bits per heavy atom. The van der Waals surface area contributed by atoms with Crippen LogP contribution < -0.4 is 11.1 Å². The van der Waals surface area contributed by atoms with Crippen LogP contribution in [0.2, 0.25) is 0 Å². The van der Waals surface area contributed by atoms with E-state index in [-0.39, 0.29) is 5.91 Å². The summed E-state index contributed by atoms with van der Waals surface area (Å²) in [5.74, 6) is -0.256. The first kappa shape index (κ1) is 18.4. The van der Waals surface area contributed by atoms with E-state index in [0.717, 1.165) is 32.4 Å². The Bertz CT molecular complexity index is 268. The lowest BCUT2D eigenvalue weighted by Gasteiger charge is -2.38. The summed E-state index contributed by atoms with van der Waals surface area (Å²) < 4.78 is 0. The number of hydrogen-bond donors (Lipinski definition) is 2.